The first-order valence-electron chi connectivity index (χ1n) is 39.6. The number of carbonyl (C=O) groups excluding carboxylic acids is 6. The van der Waals surface area contributed by atoms with Crippen molar-refractivity contribution >= 4 is 126 Å². The molecular formula is C90H123BF3N6O21S2-3. The number of hydrogen-bond donors (Lipinski definition) is 12. The fourth-order valence-corrected chi connectivity index (χ4v) is 16.5. The molecule has 678 valence electrons. The molecule has 6 aromatic rings. The highest BCUT2D eigenvalue weighted by Crippen LogP contribution is 2.48. The van der Waals surface area contributed by atoms with Crippen molar-refractivity contribution in [2.45, 2.75) is 216 Å². The topological polar surface area (TPSA) is 426 Å². The average molecular weight is 1760 g/mol. The maximum absolute atomic E-state index is 12.1. The summed E-state index contributed by atoms with van der Waals surface area (Å²) in [5.74, 6) is -0.934. The molecule has 3 saturated carbocycles. The van der Waals surface area contributed by atoms with Crippen LogP contribution in [0.4, 0.5) is 47.3 Å². The van der Waals surface area contributed by atoms with Crippen molar-refractivity contribution in [1.82, 2.24) is 0 Å². The maximum atomic E-state index is 12.1. The van der Waals surface area contributed by atoms with Crippen molar-refractivity contribution in [3.63, 3.8) is 0 Å². The van der Waals surface area contributed by atoms with Gasteiger partial charge >= 0.3 is 57.0 Å². The summed E-state index contributed by atoms with van der Waals surface area (Å²) in [5.41, 5.74) is 8.83. The fraction of sp³-hybridized carbons (Fsp3) is 0.433. The van der Waals surface area contributed by atoms with E-state index in [2.05, 4.69) is 97.1 Å². The van der Waals surface area contributed by atoms with Gasteiger partial charge in [0.2, 0.25) is 23.6 Å². The molecule has 4 amide bonds. The van der Waals surface area contributed by atoms with Crippen LogP contribution < -0.4 is 37.4 Å². The Labute approximate surface area is 724 Å². The standard InChI is InChI=1S/C16H19NO3.C15H21NO2.C14H15NO3.C12H13NO.C12H15N.C9H11F3O5S.C8H10BNO3.3CH4.CH3.H2O4S.2H/c1-3-20-16(19)14-9-6-8-12(14)13-7-4-5-10-15(13)17-11(2)18;1-10(2)16-14-9-4-3-6-12(14)11-7-5-8-13(11)15(17)18;1-9(16)15-13-8-3-2-5-11(13)10-6-4-7-12(10)14(17)18;14-12-10-6-3-5-8(10)9-4-1-2-7-11(9)13-12;1-2-7-12-11(5-1)10-6-3-4-9(10)8-13-12;1-2-16-8(13)6-4-3-5-7(6)17-18(14,15)9(10,11)12;1-6(11)10-8-5-3-2-4-7(8)9(12)13;;;;;1-5(2,3)4;;/h4-5,7,10H,3,6,8-9H2,1-2H3,(H,17,18);3-4,6,9-11,13,16H,5,7-8H2,1-2H3,(H,17,18);2-3,5,8H,4,6-7H2,1H3,(H,15,16)(H,17,18);1-2,4,7-8,10H,3,5-6H2,(H,13,14);1-2,5,7,9-10,13H,3-4,6,8H2;2-5H2,1H3;2-5,12-13H,1H3,(H,10,11);3*1H4;1H3;(H2,1,2,3,4);;/q;;;;;;;;;;-1;;2*-1/t;11-,13-;;8-,10-;9-,10-;;;;;;;;;/m.1.10........./s1/i;;;;;;;;;;;;1+1;. The minimum atomic E-state index is -5.73. The number of anilines is 6. The molecule has 3 fully saturated rings. The van der Waals surface area contributed by atoms with E-state index in [1.165, 1.54) is 83.7 Å². The van der Waals surface area contributed by atoms with E-state index in [0.717, 1.165) is 120 Å². The Kier molecular flexibility index (Phi) is 44.0. The summed E-state index contributed by atoms with van der Waals surface area (Å²) in [6, 6.07) is 46.9. The summed E-state index contributed by atoms with van der Waals surface area (Å²) in [5, 5.41) is 54.3. The first-order valence-corrected chi connectivity index (χ1v) is 42.4. The number of para-hydroxylation sites is 6. The minimum Gasteiger partial charge on any atom is -1.00 e. The van der Waals surface area contributed by atoms with E-state index in [-0.39, 0.29) is 110 Å². The third-order valence-corrected chi connectivity index (χ3v) is 21.7. The number of hydrogen-bond acceptors (Lipinski definition) is 19. The van der Waals surface area contributed by atoms with Crippen LogP contribution in [-0.2, 0) is 72.5 Å². The molecule has 0 aromatic heterocycles. The number of carboxylic acids is 2. The van der Waals surface area contributed by atoms with E-state index >= 15 is 0 Å². The molecule has 33 heteroatoms. The summed E-state index contributed by atoms with van der Waals surface area (Å²) < 4.78 is 103. The number of carbonyl (C=O) groups is 8. The Bertz CT molecular complexity index is 4910. The van der Waals surface area contributed by atoms with Crippen LogP contribution in [-0.4, -0.2) is 132 Å². The predicted molar refractivity (Wildman–Crippen MR) is 478 cm³/mol. The number of carboxylic acid groups (broad SMARTS) is 2. The van der Waals surface area contributed by atoms with Gasteiger partial charge in [0.15, 0.2) is 0 Å². The van der Waals surface area contributed by atoms with Gasteiger partial charge in [-0.2, -0.15) is 30.0 Å². The van der Waals surface area contributed by atoms with Gasteiger partial charge in [-0.3, -0.25) is 33.1 Å². The molecule has 0 spiro atoms. The van der Waals surface area contributed by atoms with Crippen LogP contribution in [0.1, 0.15) is 235 Å². The number of allylic oxidation sites excluding steroid dienone is 3. The van der Waals surface area contributed by atoms with Gasteiger partial charge in [-0.1, -0.05) is 151 Å². The number of benzene rings is 6. The molecule has 14 rings (SSSR count). The molecule has 8 aliphatic rings. The van der Waals surface area contributed by atoms with Crippen LogP contribution in [0.5, 0.6) is 0 Å². The molecule has 0 saturated heterocycles. The second-order valence-electron chi connectivity index (χ2n) is 29.5. The van der Waals surface area contributed by atoms with Crippen molar-refractivity contribution in [1.29, 1.82) is 0 Å². The fourth-order valence-electron chi connectivity index (χ4n) is 15.9. The number of aliphatic carboxylic acids is 2. The Morgan fingerprint density at radius 2 is 0.943 bits per heavy atom. The van der Waals surface area contributed by atoms with Crippen molar-refractivity contribution in [2.75, 3.05) is 51.7 Å². The zero-order valence-corrected chi connectivity index (χ0v) is 70.2. The monoisotopic (exact) mass is 1760 g/mol. The van der Waals surface area contributed by atoms with Gasteiger partial charge in [-0.25, -0.2) is 14.4 Å². The van der Waals surface area contributed by atoms with E-state index in [1.807, 2.05) is 72.8 Å². The Hall–Kier alpha value is -10.7. The van der Waals surface area contributed by atoms with Crippen LogP contribution in [0.15, 0.2) is 168 Å². The first kappa shape index (κ1) is 106. The number of amides is 4. The van der Waals surface area contributed by atoms with E-state index < -0.39 is 56.8 Å². The summed E-state index contributed by atoms with van der Waals surface area (Å²) in [6.07, 6.45) is 15.6. The summed E-state index contributed by atoms with van der Waals surface area (Å²) in [6.45, 7) is 13.4. The largest absolute Gasteiger partial charge is 1.00 e. The number of fused-ring (bicyclic) bond motifs is 6. The van der Waals surface area contributed by atoms with Gasteiger partial charge < -0.3 is 76.1 Å². The van der Waals surface area contributed by atoms with Crippen LogP contribution >= 0.6 is 0 Å². The van der Waals surface area contributed by atoms with Crippen molar-refractivity contribution in [3.8, 4) is 0 Å². The van der Waals surface area contributed by atoms with Gasteiger partial charge in [-0.05, 0) is 205 Å². The maximum Gasteiger partial charge on any atom is 0.534 e. The normalized spacial score (nSPS) is 18.4. The summed E-state index contributed by atoms with van der Waals surface area (Å²) in [4.78, 5) is 90.7. The highest BCUT2D eigenvalue weighted by atomic mass is 32.3. The average Bonchev–Trinajstić information content (AvgIpc) is 1.63. The Morgan fingerprint density at radius 1 is 0.528 bits per heavy atom. The minimum absolute atomic E-state index is 0. The van der Waals surface area contributed by atoms with Crippen LogP contribution in [0.25, 0.3) is 11.1 Å². The lowest BCUT2D eigenvalue weighted by Gasteiger charge is -2.29. The second kappa shape index (κ2) is 50.8. The lowest BCUT2D eigenvalue weighted by Crippen LogP contribution is -2.33. The summed E-state index contributed by atoms with van der Waals surface area (Å²) >= 11 is 0. The van der Waals surface area contributed by atoms with E-state index in [4.69, 9.17) is 32.3 Å². The van der Waals surface area contributed by atoms with Crippen molar-refractivity contribution in [2.24, 2.45) is 17.8 Å². The molecule has 6 aliphatic carbocycles. The molecule has 0 unspecified atom stereocenters. The van der Waals surface area contributed by atoms with Gasteiger partial charge in [0.25, 0.3) is 0 Å². The van der Waals surface area contributed by atoms with Crippen molar-refractivity contribution in [3.05, 3.63) is 203 Å². The van der Waals surface area contributed by atoms with E-state index in [0.29, 0.717) is 48.4 Å². The Morgan fingerprint density at radius 3 is 1.46 bits per heavy atom. The zero-order valence-electron chi connectivity index (χ0n) is 70.6. The lowest BCUT2D eigenvalue weighted by molar-refractivity contribution is -0.142. The molecule has 27 nitrogen and oxygen atoms in total. The second-order valence-corrected chi connectivity index (χ2v) is 31.9. The number of halogens is 3. The number of nitrogens with one attached hydrogen (secondary N) is 6. The van der Waals surface area contributed by atoms with Gasteiger partial charge in [-0.15, -0.1) is 0 Å². The third kappa shape index (κ3) is 31.9. The number of alkyl halides is 3. The molecule has 6 atom stereocenters. The molecule has 2 aliphatic heterocycles. The molecule has 12 N–H and O–H groups in total. The van der Waals surface area contributed by atoms with Gasteiger partial charge in [0.05, 0.1) is 24.7 Å². The third-order valence-electron chi connectivity index (χ3n) is 20.8. The smallest absolute Gasteiger partial charge is 0.534 e. The first-order chi connectivity index (χ1) is 56.4. The van der Waals surface area contributed by atoms with Crippen LogP contribution in [0.2, 0.25) is 0 Å². The van der Waals surface area contributed by atoms with Gasteiger partial charge in [0, 0.05) is 108 Å². The molecule has 0 bridgehead atoms. The molecule has 6 aromatic carbocycles. The molecule has 123 heavy (non-hydrogen) atoms. The number of rotatable bonds is 17. The molecule has 2 heterocycles. The van der Waals surface area contributed by atoms with Crippen LogP contribution in [0, 0.1) is 25.2 Å². The van der Waals surface area contributed by atoms with E-state index in [9.17, 15) is 70.2 Å². The SMILES string of the molecule is C.C.C.CC(=O)Nc1ccccc1B(O)O.CC(=O)Nc1ccccc1C1=C(C(=O)O)CCC1.CC(C)Nc1ccccc1[C@H]1CCC[C@H]1C(=O)O.CCOC(=O)C1=C(OS(=O)(=O)C(F)(F)F)CCC1.CCOC(=O)C1=C(c2ccccc2NC(C)=O)CCC1.O=C1Nc2ccccc2[C@H]2CCC[C@@H]12.O=S(=O)(O)O.[2H-].[CH3-].[H-].c1ccc2c(c1)NC[C@@H]1CCC[C@H]21. The zero-order chi connectivity index (χ0) is 87.3. The number of ether oxygens (including phenoxy) is 2. The lowest BCUT2D eigenvalue weighted by atomic mass is 9.79. The Balaban J connectivity index is 0.000000719. The number of esters is 2. The van der Waals surface area contributed by atoms with Gasteiger partial charge in [0.1, 0.15) is 5.76 Å². The molecule has 0 radical (unpaired) electrons. The van der Waals surface area contributed by atoms with Crippen molar-refractivity contribution < 1.29 is 114 Å². The van der Waals surface area contributed by atoms with Crippen LogP contribution in [0.3, 0.4) is 0 Å². The quantitative estimate of drug-likeness (QED) is 0.0101. The van der Waals surface area contributed by atoms with E-state index in [1.54, 1.807) is 36.8 Å². The highest BCUT2D eigenvalue weighted by Gasteiger charge is 2.50. The molecular weight excluding hydrogens is 1630 g/mol. The predicted octanol–water partition coefficient (Wildman–Crippen LogP) is 17.9. The highest BCUT2D eigenvalue weighted by molar-refractivity contribution is 7.87. The summed E-state index contributed by atoms with van der Waals surface area (Å²) in [7, 11) is -12.0.